The lowest BCUT2D eigenvalue weighted by atomic mass is 10.3. The molecule has 0 aliphatic heterocycles. The van der Waals surface area contributed by atoms with Gasteiger partial charge >= 0.3 is 0 Å². The summed E-state index contributed by atoms with van der Waals surface area (Å²) in [5, 5.41) is 11.2. The third-order valence-electron chi connectivity index (χ3n) is 1.85. The molecule has 0 spiro atoms. The molecule has 1 unspecified atom stereocenters. The van der Waals surface area contributed by atoms with Crippen molar-refractivity contribution in [3.05, 3.63) is 30.1 Å². The molecule has 1 aromatic rings. The van der Waals surface area contributed by atoms with Crippen LogP contribution in [0.25, 0.3) is 0 Å². The summed E-state index contributed by atoms with van der Waals surface area (Å²) in [6.07, 6.45) is 0. The average molecular weight is 227 g/mol. The molecule has 1 aromatic carbocycles. The van der Waals surface area contributed by atoms with Crippen LogP contribution < -0.4 is 10.1 Å². The molecule has 0 radical (unpaired) electrons. The molecule has 0 aromatic heterocycles. The quantitative estimate of drug-likeness (QED) is 0.778. The summed E-state index contributed by atoms with van der Waals surface area (Å²) in [4.78, 5) is 11.2. The standard InChI is InChI=1S/C11H14FNO3/c1-8(6-14)13-11(15)7-16-10-4-2-3-9(12)5-10/h2-5,8,14H,6-7H2,1H3,(H,13,15). The SMILES string of the molecule is CC(CO)NC(=O)COc1cccc(F)c1. The van der Waals surface area contributed by atoms with Gasteiger partial charge in [0.2, 0.25) is 0 Å². The number of benzene rings is 1. The van der Waals surface area contributed by atoms with Crippen LogP contribution >= 0.6 is 0 Å². The van der Waals surface area contributed by atoms with Crippen LogP contribution in [-0.4, -0.2) is 30.3 Å². The summed E-state index contributed by atoms with van der Waals surface area (Å²) in [7, 11) is 0. The van der Waals surface area contributed by atoms with Crippen LogP contribution in [0, 0.1) is 5.82 Å². The third-order valence-corrected chi connectivity index (χ3v) is 1.85. The van der Waals surface area contributed by atoms with Gasteiger partial charge in [0.1, 0.15) is 11.6 Å². The molecule has 1 rings (SSSR count). The van der Waals surface area contributed by atoms with Gasteiger partial charge in [-0.25, -0.2) is 4.39 Å². The number of rotatable bonds is 5. The number of hydrogen-bond donors (Lipinski definition) is 2. The Kier molecular flexibility index (Phi) is 4.72. The van der Waals surface area contributed by atoms with E-state index in [0.29, 0.717) is 5.75 Å². The summed E-state index contributed by atoms with van der Waals surface area (Å²) in [6.45, 7) is 1.33. The third kappa shape index (κ3) is 4.27. The van der Waals surface area contributed by atoms with Gasteiger partial charge in [0, 0.05) is 12.1 Å². The van der Waals surface area contributed by atoms with Gasteiger partial charge in [0.25, 0.3) is 5.91 Å². The van der Waals surface area contributed by atoms with Gasteiger partial charge in [-0.2, -0.15) is 0 Å². The molecule has 88 valence electrons. The molecule has 1 atom stereocenters. The number of aliphatic hydroxyl groups excluding tert-OH is 1. The highest BCUT2D eigenvalue weighted by molar-refractivity contribution is 5.77. The number of ether oxygens (including phenoxy) is 1. The van der Waals surface area contributed by atoms with Gasteiger partial charge < -0.3 is 15.2 Å². The maximum absolute atomic E-state index is 12.7. The number of nitrogens with one attached hydrogen (secondary N) is 1. The zero-order chi connectivity index (χ0) is 12.0. The topological polar surface area (TPSA) is 58.6 Å². The van der Waals surface area contributed by atoms with Crippen molar-refractivity contribution in [1.82, 2.24) is 5.32 Å². The van der Waals surface area contributed by atoms with Gasteiger partial charge in [0.05, 0.1) is 6.61 Å². The number of halogens is 1. The first-order valence-corrected chi connectivity index (χ1v) is 4.90. The Morgan fingerprint density at radius 1 is 1.62 bits per heavy atom. The zero-order valence-corrected chi connectivity index (χ0v) is 8.94. The highest BCUT2D eigenvalue weighted by Gasteiger charge is 2.06. The minimum Gasteiger partial charge on any atom is -0.484 e. The number of carbonyl (C=O) groups excluding carboxylic acids is 1. The van der Waals surface area contributed by atoms with Crippen LogP contribution in [0.5, 0.6) is 5.75 Å². The van der Waals surface area contributed by atoms with E-state index >= 15 is 0 Å². The molecule has 2 N–H and O–H groups in total. The van der Waals surface area contributed by atoms with Crippen molar-refractivity contribution in [2.24, 2.45) is 0 Å². The summed E-state index contributed by atoms with van der Waals surface area (Å²) in [5.74, 6) is -0.473. The Morgan fingerprint density at radius 3 is 3.00 bits per heavy atom. The van der Waals surface area contributed by atoms with Crippen LogP contribution in [0.3, 0.4) is 0 Å². The van der Waals surface area contributed by atoms with E-state index in [-0.39, 0.29) is 25.2 Å². The molecular weight excluding hydrogens is 213 g/mol. The lowest BCUT2D eigenvalue weighted by molar-refractivity contribution is -0.124. The van der Waals surface area contributed by atoms with Gasteiger partial charge in [-0.05, 0) is 19.1 Å². The molecule has 0 aliphatic carbocycles. The largest absolute Gasteiger partial charge is 0.484 e. The first-order chi connectivity index (χ1) is 7.61. The molecule has 5 heteroatoms. The van der Waals surface area contributed by atoms with Crippen LogP contribution in [-0.2, 0) is 4.79 Å². The minimum absolute atomic E-state index is 0.133. The Bertz CT molecular complexity index is 357. The van der Waals surface area contributed by atoms with E-state index in [1.807, 2.05) is 0 Å². The van der Waals surface area contributed by atoms with E-state index < -0.39 is 5.82 Å². The molecule has 0 saturated carbocycles. The lowest BCUT2D eigenvalue weighted by Gasteiger charge is -2.11. The summed E-state index contributed by atoms with van der Waals surface area (Å²) < 4.78 is 17.8. The zero-order valence-electron chi connectivity index (χ0n) is 8.94. The van der Waals surface area contributed by atoms with E-state index in [2.05, 4.69) is 5.32 Å². The number of aliphatic hydroxyl groups is 1. The van der Waals surface area contributed by atoms with Crippen molar-refractivity contribution in [3.63, 3.8) is 0 Å². The fourth-order valence-electron chi connectivity index (χ4n) is 1.07. The van der Waals surface area contributed by atoms with Crippen LogP contribution in [0.4, 0.5) is 4.39 Å². The van der Waals surface area contributed by atoms with E-state index in [1.54, 1.807) is 13.0 Å². The number of amides is 1. The van der Waals surface area contributed by atoms with Crippen molar-refractivity contribution >= 4 is 5.91 Å². The molecular formula is C11H14FNO3. The van der Waals surface area contributed by atoms with Crippen LogP contribution in [0.1, 0.15) is 6.92 Å². The average Bonchev–Trinajstić information content (AvgIpc) is 2.26. The van der Waals surface area contributed by atoms with E-state index in [0.717, 1.165) is 0 Å². The van der Waals surface area contributed by atoms with E-state index in [4.69, 9.17) is 9.84 Å². The molecule has 0 saturated heterocycles. The monoisotopic (exact) mass is 227 g/mol. The fourth-order valence-corrected chi connectivity index (χ4v) is 1.07. The smallest absolute Gasteiger partial charge is 0.258 e. The molecule has 0 heterocycles. The normalized spacial score (nSPS) is 11.9. The number of carbonyl (C=O) groups is 1. The van der Waals surface area contributed by atoms with E-state index in [1.165, 1.54) is 18.2 Å². The first kappa shape index (κ1) is 12.4. The van der Waals surface area contributed by atoms with Crippen molar-refractivity contribution < 1.29 is 19.0 Å². The maximum Gasteiger partial charge on any atom is 0.258 e. The van der Waals surface area contributed by atoms with Gasteiger partial charge in [0.15, 0.2) is 6.61 Å². The van der Waals surface area contributed by atoms with Crippen molar-refractivity contribution in [3.8, 4) is 5.75 Å². The van der Waals surface area contributed by atoms with Crippen molar-refractivity contribution in [1.29, 1.82) is 0 Å². The fraction of sp³-hybridized carbons (Fsp3) is 0.364. The lowest BCUT2D eigenvalue weighted by Crippen LogP contribution is -2.38. The molecule has 0 aliphatic rings. The Hall–Kier alpha value is -1.62. The van der Waals surface area contributed by atoms with Gasteiger partial charge in [-0.15, -0.1) is 0 Å². The molecule has 16 heavy (non-hydrogen) atoms. The molecule has 0 fully saturated rings. The summed E-state index contributed by atoms with van der Waals surface area (Å²) >= 11 is 0. The highest BCUT2D eigenvalue weighted by Crippen LogP contribution is 2.11. The van der Waals surface area contributed by atoms with Crippen molar-refractivity contribution in [2.75, 3.05) is 13.2 Å². The van der Waals surface area contributed by atoms with Crippen LogP contribution in [0.15, 0.2) is 24.3 Å². The second kappa shape index (κ2) is 6.07. The predicted molar refractivity (Wildman–Crippen MR) is 56.6 cm³/mol. The second-order valence-corrected chi connectivity index (χ2v) is 3.40. The van der Waals surface area contributed by atoms with Crippen LogP contribution in [0.2, 0.25) is 0 Å². The molecule has 1 amide bonds. The van der Waals surface area contributed by atoms with Crippen molar-refractivity contribution in [2.45, 2.75) is 13.0 Å². The minimum atomic E-state index is -0.415. The Morgan fingerprint density at radius 2 is 2.38 bits per heavy atom. The van der Waals surface area contributed by atoms with Gasteiger partial charge in [-0.3, -0.25) is 4.79 Å². The highest BCUT2D eigenvalue weighted by atomic mass is 19.1. The number of hydrogen-bond acceptors (Lipinski definition) is 3. The maximum atomic E-state index is 12.7. The van der Waals surface area contributed by atoms with E-state index in [9.17, 15) is 9.18 Å². The first-order valence-electron chi connectivity index (χ1n) is 4.90. The predicted octanol–water partition coefficient (Wildman–Crippen LogP) is 0.701. The summed E-state index contributed by atoms with van der Waals surface area (Å²) in [6, 6.07) is 5.23. The summed E-state index contributed by atoms with van der Waals surface area (Å²) in [5.41, 5.74) is 0. The second-order valence-electron chi connectivity index (χ2n) is 3.40. The molecule has 0 bridgehead atoms. The molecule has 4 nitrogen and oxygen atoms in total. The Labute approximate surface area is 93.0 Å². The Balaban J connectivity index is 2.37. The van der Waals surface area contributed by atoms with Gasteiger partial charge in [-0.1, -0.05) is 6.07 Å².